The third-order valence-corrected chi connectivity index (χ3v) is 2.99. The van der Waals surface area contributed by atoms with Crippen molar-refractivity contribution < 1.29 is 18.3 Å². The molecule has 19 heavy (non-hydrogen) atoms. The average Bonchev–Trinajstić information content (AvgIpc) is 2.36. The zero-order chi connectivity index (χ0) is 14.0. The lowest BCUT2D eigenvalue weighted by atomic mass is 10.0. The number of hydrogen-bond donors (Lipinski definition) is 1. The lowest BCUT2D eigenvalue weighted by Gasteiger charge is -2.12. The number of aliphatic hydroxyl groups excluding tert-OH is 1. The number of halogens is 4. The molecular formula is C14H10ClF3O. The highest BCUT2D eigenvalue weighted by Crippen LogP contribution is 2.23. The molecule has 5 heteroatoms. The Kier molecular flexibility index (Phi) is 4.12. The molecule has 0 heterocycles. The monoisotopic (exact) mass is 286 g/mol. The van der Waals surface area contributed by atoms with Crippen LogP contribution in [0.4, 0.5) is 13.2 Å². The Balaban J connectivity index is 2.20. The topological polar surface area (TPSA) is 20.2 Å². The van der Waals surface area contributed by atoms with Crippen molar-refractivity contribution in [1.82, 2.24) is 0 Å². The van der Waals surface area contributed by atoms with Gasteiger partial charge in [-0.05, 0) is 35.4 Å². The van der Waals surface area contributed by atoms with Gasteiger partial charge in [0.2, 0.25) is 0 Å². The zero-order valence-corrected chi connectivity index (χ0v) is 10.5. The molecule has 0 aliphatic carbocycles. The van der Waals surface area contributed by atoms with Crippen LogP contribution >= 0.6 is 11.6 Å². The lowest BCUT2D eigenvalue weighted by molar-refractivity contribution is 0.176. The van der Waals surface area contributed by atoms with Gasteiger partial charge in [-0.25, -0.2) is 13.2 Å². The van der Waals surface area contributed by atoms with E-state index in [0.29, 0.717) is 0 Å². The molecule has 0 bridgehead atoms. The Morgan fingerprint density at radius 1 is 0.947 bits per heavy atom. The highest BCUT2D eigenvalue weighted by molar-refractivity contribution is 6.30. The van der Waals surface area contributed by atoms with Crippen molar-refractivity contribution in [3.63, 3.8) is 0 Å². The summed E-state index contributed by atoms with van der Waals surface area (Å²) < 4.78 is 39.3. The molecule has 0 saturated carbocycles. The predicted molar refractivity (Wildman–Crippen MR) is 66.4 cm³/mol. The summed E-state index contributed by atoms with van der Waals surface area (Å²) in [7, 11) is 0. The van der Waals surface area contributed by atoms with Crippen molar-refractivity contribution in [2.45, 2.75) is 12.5 Å². The first-order valence-electron chi connectivity index (χ1n) is 5.54. The van der Waals surface area contributed by atoms with E-state index < -0.39 is 23.6 Å². The zero-order valence-electron chi connectivity index (χ0n) is 9.71. The average molecular weight is 287 g/mol. The Morgan fingerprint density at radius 3 is 2.32 bits per heavy atom. The summed E-state index contributed by atoms with van der Waals surface area (Å²) in [6.45, 7) is 0. The minimum absolute atomic E-state index is 0.0475. The van der Waals surface area contributed by atoms with Crippen LogP contribution in [-0.4, -0.2) is 5.11 Å². The molecule has 0 saturated heterocycles. The van der Waals surface area contributed by atoms with Gasteiger partial charge in [-0.15, -0.1) is 0 Å². The highest BCUT2D eigenvalue weighted by atomic mass is 35.5. The standard InChI is InChI=1S/C14H10ClF3O/c15-10-3-1-8(12(17)7-10)6-14(19)9-2-4-11(16)13(18)5-9/h1-5,7,14,19H,6H2. The van der Waals surface area contributed by atoms with Crippen LogP contribution in [-0.2, 0) is 6.42 Å². The molecule has 1 unspecified atom stereocenters. The largest absolute Gasteiger partial charge is 0.388 e. The minimum Gasteiger partial charge on any atom is -0.388 e. The SMILES string of the molecule is OC(Cc1ccc(Cl)cc1F)c1ccc(F)c(F)c1. The van der Waals surface area contributed by atoms with Crippen molar-refractivity contribution in [3.05, 3.63) is 70.0 Å². The van der Waals surface area contributed by atoms with E-state index in [-0.39, 0.29) is 22.6 Å². The van der Waals surface area contributed by atoms with Gasteiger partial charge in [0.25, 0.3) is 0 Å². The van der Waals surface area contributed by atoms with Gasteiger partial charge in [0, 0.05) is 11.4 Å². The van der Waals surface area contributed by atoms with Crippen LogP contribution in [0.5, 0.6) is 0 Å². The van der Waals surface area contributed by atoms with E-state index in [4.69, 9.17) is 11.6 Å². The van der Waals surface area contributed by atoms with E-state index in [9.17, 15) is 18.3 Å². The molecule has 0 fully saturated rings. The third-order valence-electron chi connectivity index (χ3n) is 2.76. The van der Waals surface area contributed by atoms with Gasteiger partial charge in [-0.1, -0.05) is 23.7 Å². The van der Waals surface area contributed by atoms with Crippen molar-refractivity contribution in [2.75, 3.05) is 0 Å². The first kappa shape index (κ1) is 13.9. The van der Waals surface area contributed by atoms with Crippen LogP contribution in [0.25, 0.3) is 0 Å². The number of aliphatic hydroxyl groups is 1. The quantitative estimate of drug-likeness (QED) is 0.903. The number of rotatable bonds is 3. The number of hydrogen-bond acceptors (Lipinski definition) is 1. The summed E-state index contributed by atoms with van der Waals surface area (Å²) in [6, 6.07) is 7.16. The maximum Gasteiger partial charge on any atom is 0.159 e. The van der Waals surface area contributed by atoms with E-state index in [1.165, 1.54) is 18.2 Å². The van der Waals surface area contributed by atoms with Gasteiger partial charge in [0.05, 0.1) is 6.10 Å². The van der Waals surface area contributed by atoms with Gasteiger partial charge in [0.15, 0.2) is 11.6 Å². The van der Waals surface area contributed by atoms with Crippen LogP contribution < -0.4 is 0 Å². The predicted octanol–water partition coefficient (Wildman–Crippen LogP) is 4.03. The van der Waals surface area contributed by atoms with Crippen molar-refractivity contribution in [2.24, 2.45) is 0 Å². The molecule has 0 spiro atoms. The first-order valence-corrected chi connectivity index (χ1v) is 5.92. The van der Waals surface area contributed by atoms with Crippen molar-refractivity contribution in [1.29, 1.82) is 0 Å². The van der Waals surface area contributed by atoms with Gasteiger partial charge in [-0.2, -0.15) is 0 Å². The van der Waals surface area contributed by atoms with Crippen LogP contribution in [0.1, 0.15) is 17.2 Å². The summed E-state index contributed by atoms with van der Waals surface area (Å²) in [6.07, 6.45) is -1.17. The maximum absolute atomic E-state index is 13.5. The van der Waals surface area contributed by atoms with Gasteiger partial charge >= 0.3 is 0 Å². The molecule has 1 nitrogen and oxygen atoms in total. The third kappa shape index (κ3) is 3.28. The molecule has 100 valence electrons. The van der Waals surface area contributed by atoms with E-state index >= 15 is 0 Å². The molecule has 0 radical (unpaired) electrons. The molecule has 2 aromatic carbocycles. The van der Waals surface area contributed by atoms with Crippen molar-refractivity contribution >= 4 is 11.6 Å². The molecule has 2 rings (SSSR count). The summed E-state index contributed by atoms with van der Waals surface area (Å²) in [5, 5.41) is 10.1. The Morgan fingerprint density at radius 2 is 1.68 bits per heavy atom. The molecular weight excluding hydrogens is 277 g/mol. The second-order valence-electron chi connectivity index (χ2n) is 4.13. The van der Waals surface area contributed by atoms with E-state index in [1.807, 2.05) is 0 Å². The second-order valence-corrected chi connectivity index (χ2v) is 4.57. The Labute approximate surface area is 113 Å². The number of benzene rings is 2. The molecule has 2 aromatic rings. The summed E-state index contributed by atoms with van der Waals surface area (Å²) in [4.78, 5) is 0. The van der Waals surface area contributed by atoms with Crippen LogP contribution in [0.3, 0.4) is 0 Å². The fourth-order valence-corrected chi connectivity index (χ4v) is 1.89. The summed E-state index contributed by atoms with van der Waals surface area (Å²) in [5.41, 5.74) is 0.440. The Bertz CT molecular complexity index is 601. The summed E-state index contributed by atoms with van der Waals surface area (Å²) >= 11 is 5.61. The second kappa shape index (κ2) is 5.63. The lowest BCUT2D eigenvalue weighted by Crippen LogP contribution is -2.04. The molecule has 1 atom stereocenters. The van der Waals surface area contributed by atoms with E-state index in [1.54, 1.807) is 0 Å². The van der Waals surface area contributed by atoms with Crippen LogP contribution in [0, 0.1) is 17.5 Å². The van der Waals surface area contributed by atoms with Crippen molar-refractivity contribution in [3.8, 4) is 0 Å². The first-order chi connectivity index (χ1) is 8.97. The molecule has 0 aromatic heterocycles. The Hall–Kier alpha value is -1.52. The van der Waals surface area contributed by atoms with E-state index in [2.05, 4.69) is 0 Å². The molecule has 0 aliphatic rings. The normalized spacial score (nSPS) is 12.5. The molecule has 0 amide bonds. The highest BCUT2D eigenvalue weighted by Gasteiger charge is 2.14. The molecule has 0 aliphatic heterocycles. The fraction of sp³-hybridized carbons (Fsp3) is 0.143. The molecule has 1 N–H and O–H groups in total. The summed E-state index contributed by atoms with van der Waals surface area (Å²) in [5.74, 6) is -2.59. The van der Waals surface area contributed by atoms with Gasteiger partial charge in [0.1, 0.15) is 5.82 Å². The maximum atomic E-state index is 13.5. The van der Waals surface area contributed by atoms with Crippen LogP contribution in [0.2, 0.25) is 5.02 Å². The van der Waals surface area contributed by atoms with Crippen LogP contribution in [0.15, 0.2) is 36.4 Å². The smallest absolute Gasteiger partial charge is 0.159 e. The van der Waals surface area contributed by atoms with Gasteiger partial charge < -0.3 is 5.11 Å². The van der Waals surface area contributed by atoms with Gasteiger partial charge in [-0.3, -0.25) is 0 Å². The minimum atomic E-state index is -1.12. The fourth-order valence-electron chi connectivity index (χ4n) is 1.73. The van der Waals surface area contributed by atoms with E-state index in [0.717, 1.165) is 18.2 Å².